The van der Waals surface area contributed by atoms with Crippen molar-refractivity contribution in [1.82, 2.24) is 9.62 Å². The van der Waals surface area contributed by atoms with Crippen LogP contribution in [0, 0.1) is 11.8 Å². The summed E-state index contributed by atoms with van der Waals surface area (Å²) in [5, 5.41) is 2.93. The number of carbonyl (C=O) groups excluding carboxylic acids is 1. The molecule has 0 saturated carbocycles. The third kappa shape index (κ3) is 5.31. The van der Waals surface area contributed by atoms with Crippen LogP contribution in [0.5, 0.6) is 0 Å². The average molecular weight is 353 g/mol. The second kappa shape index (κ2) is 8.62. The smallest absolute Gasteiger partial charge is 0.243 e. The molecule has 0 unspecified atom stereocenters. The fourth-order valence-electron chi connectivity index (χ4n) is 2.92. The molecular formula is C18H28N2O3S. The van der Waals surface area contributed by atoms with Gasteiger partial charge in [-0.2, -0.15) is 4.31 Å². The molecule has 1 aliphatic heterocycles. The quantitative estimate of drug-likeness (QED) is 0.820. The topological polar surface area (TPSA) is 66.5 Å². The van der Waals surface area contributed by atoms with Crippen LogP contribution in [0.1, 0.15) is 39.5 Å². The lowest BCUT2D eigenvalue weighted by Gasteiger charge is -2.31. The van der Waals surface area contributed by atoms with E-state index in [1.165, 1.54) is 0 Å². The average Bonchev–Trinajstić information content (AvgIpc) is 2.59. The fourth-order valence-corrected chi connectivity index (χ4v) is 4.41. The lowest BCUT2D eigenvalue weighted by molar-refractivity contribution is -0.121. The highest BCUT2D eigenvalue weighted by molar-refractivity contribution is 7.89. The largest absolute Gasteiger partial charge is 0.356 e. The van der Waals surface area contributed by atoms with Gasteiger partial charge >= 0.3 is 0 Å². The van der Waals surface area contributed by atoms with Crippen molar-refractivity contribution in [3.8, 4) is 0 Å². The van der Waals surface area contributed by atoms with Crippen LogP contribution in [0.4, 0.5) is 0 Å². The lowest BCUT2D eigenvalue weighted by atomic mass is 9.93. The van der Waals surface area contributed by atoms with Gasteiger partial charge in [-0.3, -0.25) is 4.79 Å². The van der Waals surface area contributed by atoms with Gasteiger partial charge in [0.2, 0.25) is 15.9 Å². The number of amides is 1. The summed E-state index contributed by atoms with van der Waals surface area (Å²) in [5.41, 5.74) is 0. The van der Waals surface area contributed by atoms with E-state index in [9.17, 15) is 13.2 Å². The van der Waals surface area contributed by atoms with Crippen LogP contribution in [0.3, 0.4) is 0 Å². The molecule has 134 valence electrons. The standard InChI is InChI=1S/C18H28N2O3S/c1-15(2)14-19-18(21)9-8-16-10-12-20(13-11-16)24(22,23)17-6-4-3-5-7-17/h3-7,15-16H,8-14H2,1-2H3,(H,19,21). The molecule has 1 N–H and O–H groups in total. The summed E-state index contributed by atoms with van der Waals surface area (Å²) < 4.78 is 26.7. The molecule has 0 aliphatic carbocycles. The van der Waals surface area contributed by atoms with Gasteiger partial charge in [0.25, 0.3) is 0 Å². The van der Waals surface area contributed by atoms with Crippen molar-refractivity contribution in [1.29, 1.82) is 0 Å². The molecule has 2 rings (SSSR count). The van der Waals surface area contributed by atoms with Crippen molar-refractivity contribution in [2.45, 2.75) is 44.4 Å². The second-order valence-electron chi connectivity index (χ2n) is 6.90. The molecule has 1 fully saturated rings. The van der Waals surface area contributed by atoms with Crippen LogP contribution < -0.4 is 5.32 Å². The highest BCUT2D eigenvalue weighted by Gasteiger charge is 2.29. The van der Waals surface area contributed by atoms with Gasteiger partial charge in [-0.25, -0.2) is 8.42 Å². The van der Waals surface area contributed by atoms with Crippen molar-refractivity contribution >= 4 is 15.9 Å². The molecule has 5 nitrogen and oxygen atoms in total. The maximum Gasteiger partial charge on any atom is 0.243 e. The second-order valence-corrected chi connectivity index (χ2v) is 8.84. The van der Waals surface area contributed by atoms with Gasteiger partial charge in [0.05, 0.1) is 4.90 Å². The van der Waals surface area contributed by atoms with Crippen LogP contribution in [-0.2, 0) is 14.8 Å². The zero-order chi connectivity index (χ0) is 17.6. The minimum Gasteiger partial charge on any atom is -0.356 e. The van der Waals surface area contributed by atoms with Crippen molar-refractivity contribution in [2.24, 2.45) is 11.8 Å². The minimum atomic E-state index is -3.38. The fraction of sp³-hybridized carbons (Fsp3) is 0.611. The normalized spacial score (nSPS) is 17.1. The van der Waals surface area contributed by atoms with Crippen LogP contribution in [-0.4, -0.2) is 38.3 Å². The van der Waals surface area contributed by atoms with E-state index in [0.29, 0.717) is 42.8 Å². The predicted molar refractivity (Wildman–Crippen MR) is 95.0 cm³/mol. The Bertz CT molecular complexity index is 621. The first-order valence-electron chi connectivity index (χ1n) is 8.71. The molecule has 24 heavy (non-hydrogen) atoms. The molecule has 0 bridgehead atoms. The van der Waals surface area contributed by atoms with Crippen molar-refractivity contribution < 1.29 is 13.2 Å². The van der Waals surface area contributed by atoms with Gasteiger partial charge in [-0.05, 0) is 43.2 Å². The molecule has 1 aromatic rings. The van der Waals surface area contributed by atoms with Gasteiger partial charge in [0.1, 0.15) is 0 Å². The Morgan fingerprint density at radius 1 is 1.21 bits per heavy atom. The monoisotopic (exact) mass is 352 g/mol. The maximum absolute atomic E-state index is 12.6. The molecule has 6 heteroatoms. The SMILES string of the molecule is CC(C)CNC(=O)CCC1CCN(S(=O)(=O)c2ccccc2)CC1. The summed E-state index contributed by atoms with van der Waals surface area (Å²) in [4.78, 5) is 12.1. The van der Waals surface area contributed by atoms with Gasteiger partial charge in [-0.15, -0.1) is 0 Å². The van der Waals surface area contributed by atoms with E-state index < -0.39 is 10.0 Å². The van der Waals surface area contributed by atoms with Gasteiger partial charge in [-0.1, -0.05) is 32.0 Å². The van der Waals surface area contributed by atoms with Gasteiger partial charge in [0, 0.05) is 26.1 Å². The van der Waals surface area contributed by atoms with Crippen LogP contribution >= 0.6 is 0 Å². The van der Waals surface area contributed by atoms with E-state index in [-0.39, 0.29) is 5.91 Å². The highest BCUT2D eigenvalue weighted by Crippen LogP contribution is 2.26. The molecule has 0 atom stereocenters. The number of rotatable bonds is 7. The summed E-state index contributed by atoms with van der Waals surface area (Å²) >= 11 is 0. The third-order valence-electron chi connectivity index (χ3n) is 4.44. The van der Waals surface area contributed by atoms with Crippen LogP contribution in [0.2, 0.25) is 0 Å². The first kappa shape index (κ1) is 18.9. The van der Waals surface area contributed by atoms with Crippen LogP contribution in [0.25, 0.3) is 0 Å². The van der Waals surface area contributed by atoms with Gasteiger partial charge in [0.15, 0.2) is 0 Å². The van der Waals surface area contributed by atoms with E-state index in [1.54, 1.807) is 28.6 Å². The molecule has 1 saturated heterocycles. The zero-order valence-electron chi connectivity index (χ0n) is 14.6. The molecule has 1 amide bonds. The number of nitrogens with zero attached hydrogens (tertiary/aromatic N) is 1. The molecule has 0 spiro atoms. The molecule has 1 aliphatic rings. The number of nitrogens with one attached hydrogen (secondary N) is 1. The first-order valence-corrected chi connectivity index (χ1v) is 10.2. The Kier molecular flexibility index (Phi) is 6.80. The number of piperidine rings is 1. The van der Waals surface area contributed by atoms with E-state index in [0.717, 1.165) is 19.3 Å². The molecule has 0 aromatic heterocycles. The molecule has 0 radical (unpaired) electrons. The number of hydrogen-bond acceptors (Lipinski definition) is 3. The number of carbonyl (C=O) groups is 1. The maximum atomic E-state index is 12.6. The Hall–Kier alpha value is -1.40. The number of sulfonamides is 1. The molecule has 1 heterocycles. The molecular weight excluding hydrogens is 324 g/mol. The Morgan fingerprint density at radius 3 is 2.42 bits per heavy atom. The minimum absolute atomic E-state index is 0.100. The Balaban J connectivity index is 1.78. The Morgan fingerprint density at radius 2 is 1.83 bits per heavy atom. The summed E-state index contributed by atoms with van der Waals surface area (Å²) in [6, 6.07) is 8.58. The number of hydrogen-bond donors (Lipinski definition) is 1. The summed E-state index contributed by atoms with van der Waals surface area (Å²) in [6.07, 6.45) is 3.01. The van der Waals surface area contributed by atoms with E-state index in [1.807, 2.05) is 6.07 Å². The van der Waals surface area contributed by atoms with Crippen molar-refractivity contribution in [2.75, 3.05) is 19.6 Å². The van der Waals surface area contributed by atoms with Crippen molar-refractivity contribution in [3.05, 3.63) is 30.3 Å². The lowest BCUT2D eigenvalue weighted by Crippen LogP contribution is -2.38. The number of benzene rings is 1. The summed E-state index contributed by atoms with van der Waals surface area (Å²) in [5.74, 6) is 0.987. The van der Waals surface area contributed by atoms with E-state index in [4.69, 9.17) is 0 Å². The summed E-state index contributed by atoms with van der Waals surface area (Å²) in [7, 11) is -3.38. The predicted octanol–water partition coefficient (Wildman–Crippen LogP) is 2.64. The van der Waals surface area contributed by atoms with E-state index in [2.05, 4.69) is 19.2 Å². The van der Waals surface area contributed by atoms with Gasteiger partial charge < -0.3 is 5.32 Å². The van der Waals surface area contributed by atoms with Crippen LogP contribution in [0.15, 0.2) is 35.2 Å². The summed E-state index contributed by atoms with van der Waals surface area (Å²) in [6.45, 7) is 5.93. The molecule has 1 aromatic carbocycles. The third-order valence-corrected chi connectivity index (χ3v) is 6.35. The Labute approximate surface area is 145 Å². The van der Waals surface area contributed by atoms with E-state index >= 15 is 0 Å². The van der Waals surface area contributed by atoms with Crippen molar-refractivity contribution in [3.63, 3.8) is 0 Å². The highest BCUT2D eigenvalue weighted by atomic mass is 32.2. The first-order chi connectivity index (χ1) is 11.4. The zero-order valence-corrected chi connectivity index (χ0v) is 15.4.